The zero-order valence-electron chi connectivity index (χ0n) is 13.5. The first kappa shape index (κ1) is 15.7. The Morgan fingerprint density at radius 3 is 2.67 bits per heavy atom. The van der Waals surface area contributed by atoms with Gasteiger partial charge in [-0.05, 0) is 44.5 Å². The fraction of sp³-hybridized carbons (Fsp3) is 0.529. The fourth-order valence-corrected chi connectivity index (χ4v) is 2.37. The maximum atomic E-state index is 4.70. The summed E-state index contributed by atoms with van der Waals surface area (Å²) in [5, 5.41) is 8.23. The maximum absolute atomic E-state index is 4.70. The van der Waals surface area contributed by atoms with E-state index in [0.717, 1.165) is 30.8 Å². The molecule has 0 saturated carbocycles. The van der Waals surface area contributed by atoms with Crippen LogP contribution in [0.15, 0.2) is 30.6 Å². The van der Waals surface area contributed by atoms with Crippen LogP contribution in [-0.2, 0) is 6.42 Å². The molecule has 2 aromatic heterocycles. The fourth-order valence-electron chi connectivity index (χ4n) is 2.37. The summed E-state index contributed by atoms with van der Waals surface area (Å²) >= 11 is 0. The van der Waals surface area contributed by atoms with Gasteiger partial charge >= 0.3 is 0 Å². The van der Waals surface area contributed by atoms with E-state index < -0.39 is 0 Å². The van der Waals surface area contributed by atoms with Crippen molar-refractivity contribution in [3.8, 4) is 0 Å². The first-order valence-corrected chi connectivity index (χ1v) is 7.84. The minimum atomic E-state index is 0.267. The van der Waals surface area contributed by atoms with Gasteiger partial charge in [0.05, 0.1) is 5.69 Å². The summed E-state index contributed by atoms with van der Waals surface area (Å²) < 4.78 is 2.06. The molecule has 0 radical (unpaired) electrons. The van der Waals surface area contributed by atoms with E-state index in [9.17, 15) is 0 Å². The third-order valence-electron chi connectivity index (χ3n) is 3.91. The molecular formula is C17H26N4. The normalized spacial score (nSPS) is 14.1. The molecule has 114 valence electrons. The molecule has 0 amide bonds. The minimum absolute atomic E-state index is 0.267. The van der Waals surface area contributed by atoms with Gasteiger partial charge in [0, 0.05) is 36.6 Å². The molecule has 0 aliphatic carbocycles. The van der Waals surface area contributed by atoms with Crippen LogP contribution in [-0.4, -0.2) is 21.3 Å². The lowest BCUT2D eigenvalue weighted by molar-refractivity contribution is 0.467. The number of pyridine rings is 1. The van der Waals surface area contributed by atoms with E-state index >= 15 is 0 Å². The number of nitrogens with one attached hydrogen (secondary N) is 1. The van der Waals surface area contributed by atoms with Crippen molar-refractivity contribution in [3.05, 3.63) is 47.5 Å². The summed E-state index contributed by atoms with van der Waals surface area (Å²) in [5.41, 5.74) is 3.40. The van der Waals surface area contributed by atoms with Gasteiger partial charge in [0.1, 0.15) is 0 Å². The highest BCUT2D eigenvalue weighted by molar-refractivity contribution is 5.19. The molecule has 1 N–H and O–H groups in total. The van der Waals surface area contributed by atoms with Gasteiger partial charge in [-0.2, -0.15) is 5.10 Å². The van der Waals surface area contributed by atoms with Crippen LogP contribution in [0.1, 0.15) is 56.2 Å². The number of nitrogens with zero attached hydrogens (tertiary/aromatic N) is 3. The van der Waals surface area contributed by atoms with Crippen LogP contribution in [0.3, 0.4) is 0 Å². The lowest BCUT2D eigenvalue weighted by atomic mass is 10.0. The lowest BCUT2D eigenvalue weighted by Crippen LogP contribution is -2.23. The Labute approximate surface area is 127 Å². The molecule has 0 saturated heterocycles. The molecule has 4 heteroatoms. The second-order valence-corrected chi connectivity index (χ2v) is 5.59. The summed E-state index contributed by atoms with van der Waals surface area (Å²) in [5.74, 6) is 0. The quantitative estimate of drug-likeness (QED) is 0.847. The standard InChI is InChI=1S/C17H26N4/c1-5-14(4)21-10-9-16(20-21)11-17(18-6-2)15-8-7-13(3)19-12-15/h7-10,12,14,17-18H,5-6,11H2,1-4H3. The predicted octanol–water partition coefficient (Wildman–Crippen LogP) is 3.45. The number of hydrogen-bond acceptors (Lipinski definition) is 3. The maximum Gasteiger partial charge on any atom is 0.0643 e. The van der Waals surface area contributed by atoms with Crippen molar-refractivity contribution in [2.75, 3.05) is 6.54 Å². The molecule has 0 aliphatic rings. The Bertz CT molecular complexity index is 544. The van der Waals surface area contributed by atoms with Gasteiger partial charge in [0.15, 0.2) is 0 Å². The molecule has 0 bridgehead atoms. The number of hydrogen-bond donors (Lipinski definition) is 1. The summed E-state index contributed by atoms with van der Waals surface area (Å²) in [6.45, 7) is 9.46. The van der Waals surface area contributed by atoms with Crippen LogP contribution >= 0.6 is 0 Å². The van der Waals surface area contributed by atoms with Crippen molar-refractivity contribution in [2.24, 2.45) is 0 Å². The largest absolute Gasteiger partial charge is 0.310 e. The Morgan fingerprint density at radius 2 is 2.05 bits per heavy atom. The SMILES string of the molecule is CCNC(Cc1ccn(C(C)CC)n1)c1ccc(C)nc1. The van der Waals surface area contributed by atoms with E-state index in [-0.39, 0.29) is 6.04 Å². The summed E-state index contributed by atoms with van der Waals surface area (Å²) in [7, 11) is 0. The topological polar surface area (TPSA) is 42.7 Å². The van der Waals surface area contributed by atoms with Crippen LogP contribution in [0.4, 0.5) is 0 Å². The summed E-state index contributed by atoms with van der Waals surface area (Å²) in [6.07, 6.45) is 6.04. The van der Waals surface area contributed by atoms with Crippen molar-refractivity contribution < 1.29 is 0 Å². The van der Waals surface area contributed by atoms with Gasteiger partial charge < -0.3 is 5.32 Å². The van der Waals surface area contributed by atoms with Crippen LogP contribution in [0.25, 0.3) is 0 Å². The summed E-state index contributed by atoms with van der Waals surface area (Å²) in [6, 6.07) is 7.07. The van der Waals surface area contributed by atoms with Crippen LogP contribution in [0, 0.1) is 6.92 Å². The van der Waals surface area contributed by atoms with E-state index in [0.29, 0.717) is 6.04 Å². The van der Waals surface area contributed by atoms with Crippen LogP contribution in [0.5, 0.6) is 0 Å². The van der Waals surface area contributed by atoms with Gasteiger partial charge in [-0.25, -0.2) is 0 Å². The predicted molar refractivity (Wildman–Crippen MR) is 86.3 cm³/mol. The highest BCUT2D eigenvalue weighted by Gasteiger charge is 2.14. The Hall–Kier alpha value is -1.68. The first-order valence-electron chi connectivity index (χ1n) is 7.84. The third kappa shape index (κ3) is 4.14. The first-order chi connectivity index (χ1) is 10.1. The number of aryl methyl sites for hydroxylation is 1. The zero-order chi connectivity index (χ0) is 15.2. The van der Waals surface area contributed by atoms with Gasteiger partial charge in [-0.3, -0.25) is 9.67 Å². The third-order valence-corrected chi connectivity index (χ3v) is 3.91. The number of rotatable bonds is 7. The lowest BCUT2D eigenvalue weighted by Gasteiger charge is -2.17. The molecular weight excluding hydrogens is 260 g/mol. The van der Waals surface area contributed by atoms with E-state index in [2.05, 4.69) is 60.1 Å². The molecule has 2 rings (SSSR count). The highest BCUT2D eigenvalue weighted by Crippen LogP contribution is 2.18. The highest BCUT2D eigenvalue weighted by atomic mass is 15.3. The molecule has 0 aliphatic heterocycles. The van der Waals surface area contributed by atoms with Gasteiger partial charge in [-0.15, -0.1) is 0 Å². The molecule has 0 spiro atoms. The zero-order valence-corrected chi connectivity index (χ0v) is 13.5. The van der Waals surface area contributed by atoms with Gasteiger partial charge in [-0.1, -0.05) is 19.9 Å². The molecule has 2 heterocycles. The van der Waals surface area contributed by atoms with Crippen molar-refractivity contribution in [1.82, 2.24) is 20.1 Å². The summed E-state index contributed by atoms with van der Waals surface area (Å²) in [4.78, 5) is 4.40. The van der Waals surface area contributed by atoms with E-state index in [1.807, 2.05) is 13.1 Å². The molecule has 4 nitrogen and oxygen atoms in total. The number of likely N-dealkylation sites (N-methyl/N-ethyl adjacent to an activating group) is 1. The van der Waals surface area contributed by atoms with Crippen molar-refractivity contribution >= 4 is 0 Å². The van der Waals surface area contributed by atoms with Gasteiger partial charge in [0.25, 0.3) is 0 Å². The molecule has 21 heavy (non-hydrogen) atoms. The van der Waals surface area contributed by atoms with Crippen molar-refractivity contribution in [2.45, 2.75) is 52.6 Å². The monoisotopic (exact) mass is 286 g/mol. The van der Waals surface area contributed by atoms with Crippen molar-refractivity contribution in [1.29, 1.82) is 0 Å². The molecule has 2 unspecified atom stereocenters. The Balaban J connectivity index is 2.12. The minimum Gasteiger partial charge on any atom is -0.310 e. The van der Waals surface area contributed by atoms with E-state index in [4.69, 9.17) is 5.10 Å². The smallest absolute Gasteiger partial charge is 0.0643 e. The van der Waals surface area contributed by atoms with Crippen LogP contribution < -0.4 is 5.32 Å². The van der Waals surface area contributed by atoms with Crippen LogP contribution in [0.2, 0.25) is 0 Å². The van der Waals surface area contributed by atoms with Crippen molar-refractivity contribution in [3.63, 3.8) is 0 Å². The molecule has 2 atom stereocenters. The van der Waals surface area contributed by atoms with Gasteiger partial charge in [0.2, 0.25) is 0 Å². The van der Waals surface area contributed by atoms with E-state index in [1.54, 1.807) is 0 Å². The van der Waals surface area contributed by atoms with E-state index in [1.165, 1.54) is 5.56 Å². The molecule has 0 aromatic carbocycles. The Morgan fingerprint density at radius 1 is 1.24 bits per heavy atom. The second kappa shape index (κ2) is 7.36. The Kier molecular flexibility index (Phi) is 5.51. The average Bonchev–Trinajstić information content (AvgIpc) is 2.95. The number of aromatic nitrogens is 3. The second-order valence-electron chi connectivity index (χ2n) is 5.59. The molecule has 2 aromatic rings. The molecule has 0 fully saturated rings. The average molecular weight is 286 g/mol.